The number of allylic oxidation sites excluding steroid dienone is 1. The van der Waals surface area contributed by atoms with E-state index in [9.17, 15) is 0 Å². The van der Waals surface area contributed by atoms with Crippen molar-refractivity contribution in [1.29, 1.82) is 0 Å². The van der Waals surface area contributed by atoms with Gasteiger partial charge in [-0.15, -0.1) is 0 Å². The summed E-state index contributed by atoms with van der Waals surface area (Å²) >= 11 is 0. The number of hydrogen-bond donors (Lipinski definition) is 1. The summed E-state index contributed by atoms with van der Waals surface area (Å²) in [6, 6.07) is 10.1. The first-order valence-electron chi connectivity index (χ1n) is 4.90. The summed E-state index contributed by atoms with van der Waals surface area (Å²) in [5.41, 5.74) is 5.27. The van der Waals surface area contributed by atoms with E-state index in [1.54, 1.807) is 0 Å². The van der Waals surface area contributed by atoms with Crippen molar-refractivity contribution >= 4 is 0 Å². The average molecular weight is 191 g/mol. The van der Waals surface area contributed by atoms with Gasteiger partial charge in [0, 0.05) is 6.20 Å². The van der Waals surface area contributed by atoms with Gasteiger partial charge in [-0.3, -0.25) is 10.3 Å². The highest BCUT2D eigenvalue weighted by atomic mass is 16.6. The van der Waals surface area contributed by atoms with E-state index in [1.807, 2.05) is 36.5 Å². The van der Waals surface area contributed by atoms with E-state index >= 15 is 0 Å². The lowest BCUT2D eigenvalue weighted by atomic mass is 10.2. The minimum absolute atomic E-state index is 0.592. The highest BCUT2D eigenvalue weighted by Gasteiger charge is 1.89. The van der Waals surface area contributed by atoms with Crippen molar-refractivity contribution in [3.05, 3.63) is 47.7 Å². The minimum Gasteiger partial charge on any atom is -0.274 e. The van der Waals surface area contributed by atoms with E-state index in [4.69, 9.17) is 4.84 Å². The van der Waals surface area contributed by atoms with Gasteiger partial charge in [0.25, 0.3) is 0 Å². The maximum Gasteiger partial charge on any atom is 0.0996 e. The molecule has 1 aromatic carbocycles. The maximum atomic E-state index is 5.27. The number of hydroxylamine groups is 1. The molecule has 1 aromatic rings. The molecule has 0 unspecified atom stereocenters. The molecule has 1 N–H and O–H groups in total. The van der Waals surface area contributed by atoms with Gasteiger partial charge in [0.2, 0.25) is 0 Å². The van der Waals surface area contributed by atoms with E-state index in [1.165, 1.54) is 11.1 Å². The lowest BCUT2D eigenvalue weighted by Crippen LogP contribution is -2.06. The summed E-state index contributed by atoms with van der Waals surface area (Å²) in [7, 11) is 0. The number of benzene rings is 1. The molecule has 0 atom stereocenters. The molecule has 0 heterocycles. The molecule has 0 aromatic heterocycles. The standard InChI is InChI=1S/C12H17NO/c1-3-11(2)9-13-14-10-12-7-5-4-6-8-12/h4-9,13H,3,10H2,1-2H3. The van der Waals surface area contributed by atoms with Crippen LogP contribution < -0.4 is 5.48 Å². The van der Waals surface area contributed by atoms with Gasteiger partial charge in [-0.2, -0.15) is 0 Å². The first-order chi connectivity index (χ1) is 6.83. The van der Waals surface area contributed by atoms with Crippen molar-refractivity contribution in [2.24, 2.45) is 0 Å². The first kappa shape index (κ1) is 10.8. The van der Waals surface area contributed by atoms with Crippen molar-refractivity contribution in [3.8, 4) is 0 Å². The van der Waals surface area contributed by atoms with Crippen LogP contribution in [0.15, 0.2) is 42.1 Å². The molecule has 0 radical (unpaired) electrons. The molecule has 2 nitrogen and oxygen atoms in total. The van der Waals surface area contributed by atoms with Crippen molar-refractivity contribution in [2.75, 3.05) is 0 Å². The van der Waals surface area contributed by atoms with Gasteiger partial charge >= 0.3 is 0 Å². The van der Waals surface area contributed by atoms with Crippen LogP contribution in [-0.4, -0.2) is 0 Å². The Hall–Kier alpha value is -1.28. The van der Waals surface area contributed by atoms with E-state index < -0.39 is 0 Å². The van der Waals surface area contributed by atoms with Crippen molar-refractivity contribution in [1.82, 2.24) is 5.48 Å². The molecule has 0 saturated heterocycles. The molecular weight excluding hydrogens is 174 g/mol. The van der Waals surface area contributed by atoms with Gasteiger partial charge in [-0.05, 0) is 18.9 Å². The number of hydrogen-bond acceptors (Lipinski definition) is 2. The van der Waals surface area contributed by atoms with Crippen LogP contribution >= 0.6 is 0 Å². The second-order valence-corrected chi connectivity index (χ2v) is 3.24. The largest absolute Gasteiger partial charge is 0.274 e. The maximum absolute atomic E-state index is 5.27. The van der Waals surface area contributed by atoms with Gasteiger partial charge in [-0.25, -0.2) is 0 Å². The molecule has 14 heavy (non-hydrogen) atoms. The predicted octanol–water partition coefficient (Wildman–Crippen LogP) is 3.02. The molecule has 0 spiro atoms. The quantitative estimate of drug-likeness (QED) is 0.570. The smallest absolute Gasteiger partial charge is 0.0996 e. The lowest BCUT2D eigenvalue weighted by molar-refractivity contribution is 0.0569. The van der Waals surface area contributed by atoms with Crippen LogP contribution in [0.25, 0.3) is 0 Å². The molecule has 0 aliphatic carbocycles. The fourth-order valence-electron chi connectivity index (χ4n) is 0.944. The Labute approximate surface area is 85.5 Å². The second-order valence-electron chi connectivity index (χ2n) is 3.24. The Bertz CT molecular complexity index is 280. The summed E-state index contributed by atoms with van der Waals surface area (Å²) in [5, 5.41) is 0. The summed E-state index contributed by atoms with van der Waals surface area (Å²) in [6.45, 7) is 4.78. The molecule has 0 aliphatic heterocycles. The zero-order valence-electron chi connectivity index (χ0n) is 8.79. The van der Waals surface area contributed by atoms with Gasteiger partial charge in [0.1, 0.15) is 0 Å². The molecule has 0 bridgehead atoms. The van der Waals surface area contributed by atoms with E-state index in [-0.39, 0.29) is 0 Å². The van der Waals surface area contributed by atoms with E-state index in [0.29, 0.717) is 6.61 Å². The van der Waals surface area contributed by atoms with Crippen LogP contribution in [0.5, 0.6) is 0 Å². The lowest BCUT2D eigenvalue weighted by Gasteiger charge is -2.03. The van der Waals surface area contributed by atoms with Gasteiger partial charge < -0.3 is 0 Å². The third-order valence-electron chi connectivity index (χ3n) is 2.03. The van der Waals surface area contributed by atoms with E-state index in [0.717, 1.165) is 6.42 Å². The van der Waals surface area contributed by atoms with Crippen LogP contribution in [0.1, 0.15) is 25.8 Å². The Morgan fingerprint density at radius 1 is 1.36 bits per heavy atom. The fraction of sp³-hybridized carbons (Fsp3) is 0.333. The Morgan fingerprint density at radius 2 is 2.07 bits per heavy atom. The average Bonchev–Trinajstić information content (AvgIpc) is 2.25. The summed E-state index contributed by atoms with van der Waals surface area (Å²) in [4.78, 5) is 5.27. The highest BCUT2D eigenvalue weighted by molar-refractivity contribution is 5.13. The van der Waals surface area contributed by atoms with Crippen LogP contribution in [-0.2, 0) is 11.4 Å². The van der Waals surface area contributed by atoms with Crippen molar-refractivity contribution in [2.45, 2.75) is 26.9 Å². The van der Waals surface area contributed by atoms with E-state index in [2.05, 4.69) is 19.3 Å². The minimum atomic E-state index is 0.592. The van der Waals surface area contributed by atoms with Crippen LogP contribution in [0.2, 0.25) is 0 Å². The third-order valence-corrected chi connectivity index (χ3v) is 2.03. The summed E-state index contributed by atoms with van der Waals surface area (Å²) in [6.07, 6.45) is 2.94. The van der Waals surface area contributed by atoms with Gasteiger partial charge in [0.15, 0.2) is 0 Å². The topological polar surface area (TPSA) is 21.3 Å². The Balaban J connectivity index is 2.23. The number of rotatable bonds is 5. The molecular formula is C12H17NO. The molecule has 1 rings (SSSR count). The van der Waals surface area contributed by atoms with Crippen LogP contribution in [0, 0.1) is 0 Å². The molecule has 76 valence electrons. The molecule has 0 saturated carbocycles. The SMILES string of the molecule is CCC(C)=CNOCc1ccccc1. The molecule has 0 aliphatic rings. The Kier molecular flexibility index (Phi) is 4.79. The zero-order valence-corrected chi connectivity index (χ0v) is 8.79. The van der Waals surface area contributed by atoms with Crippen LogP contribution in [0.3, 0.4) is 0 Å². The highest BCUT2D eigenvalue weighted by Crippen LogP contribution is 1.99. The predicted molar refractivity (Wildman–Crippen MR) is 58.4 cm³/mol. The first-order valence-corrected chi connectivity index (χ1v) is 4.90. The normalized spacial score (nSPS) is 11.4. The molecule has 0 fully saturated rings. The monoisotopic (exact) mass is 191 g/mol. The molecule has 0 amide bonds. The van der Waals surface area contributed by atoms with Gasteiger partial charge in [0.05, 0.1) is 6.61 Å². The van der Waals surface area contributed by atoms with Crippen LogP contribution in [0.4, 0.5) is 0 Å². The fourth-order valence-corrected chi connectivity index (χ4v) is 0.944. The second kappa shape index (κ2) is 6.22. The number of nitrogens with one attached hydrogen (secondary N) is 1. The zero-order chi connectivity index (χ0) is 10.2. The molecule has 2 heteroatoms. The Morgan fingerprint density at radius 3 is 2.71 bits per heavy atom. The summed E-state index contributed by atoms with van der Waals surface area (Å²) < 4.78 is 0. The third kappa shape index (κ3) is 4.10. The van der Waals surface area contributed by atoms with Crippen molar-refractivity contribution in [3.63, 3.8) is 0 Å². The summed E-state index contributed by atoms with van der Waals surface area (Å²) in [5.74, 6) is 0. The van der Waals surface area contributed by atoms with Gasteiger partial charge in [-0.1, -0.05) is 42.8 Å². The van der Waals surface area contributed by atoms with Crippen molar-refractivity contribution < 1.29 is 4.84 Å².